The molecule has 1 atom stereocenters. The van der Waals surface area contributed by atoms with Crippen molar-refractivity contribution in [3.63, 3.8) is 0 Å². The molecule has 1 aliphatic rings. The molecule has 1 unspecified atom stereocenters. The van der Waals surface area contributed by atoms with Crippen molar-refractivity contribution in [2.75, 3.05) is 0 Å². The summed E-state index contributed by atoms with van der Waals surface area (Å²) in [6.07, 6.45) is 1.97. The first kappa shape index (κ1) is 18.2. The number of nitrogens with one attached hydrogen (secondary N) is 1. The molecule has 3 aromatic rings. The maximum atomic E-state index is 13.3. The summed E-state index contributed by atoms with van der Waals surface area (Å²) >= 11 is 4.55. The molecule has 1 amide bonds. The van der Waals surface area contributed by atoms with Gasteiger partial charge in [0, 0.05) is 16.1 Å². The van der Waals surface area contributed by atoms with Gasteiger partial charge in [0.1, 0.15) is 11.1 Å². The summed E-state index contributed by atoms with van der Waals surface area (Å²) in [6, 6.07) is 13.6. The van der Waals surface area contributed by atoms with Crippen LogP contribution in [-0.4, -0.2) is 22.1 Å². The van der Waals surface area contributed by atoms with Crippen molar-refractivity contribution in [1.29, 1.82) is 0 Å². The summed E-state index contributed by atoms with van der Waals surface area (Å²) in [6.45, 7) is 0. The molecule has 0 aliphatic heterocycles. The van der Waals surface area contributed by atoms with Crippen molar-refractivity contribution in [1.82, 2.24) is 15.5 Å². The van der Waals surface area contributed by atoms with Crippen molar-refractivity contribution < 1.29 is 13.6 Å². The molecule has 0 spiro atoms. The van der Waals surface area contributed by atoms with Gasteiger partial charge in [0.25, 0.3) is 5.22 Å². The number of nitrogens with zero attached hydrogens (tertiary/aromatic N) is 2. The first-order valence-corrected chi connectivity index (χ1v) is 10.1. The number of hydrogen-bond donors (Lipinski definition) is 1. The summed E-state index contributed by atoms with van der Waals surface area (Å²) in [5.41, 5.74) is 1.47. The maximum Gasteiger partial charge on any atom is 0.277 e. The first-order chi connectivity index (χ1) is 13.1. The predicted octanol–water partition coefficient (Wildman–Crippen LogP) is 4.75. The third-order valence-corrected chi connectivity index (χ3v) is 5.67. The smallest absolute Gasteiger partial charge is 0.277 e. The zero-order valence-corrected chi connectivity index (χ0v) is 16.5. The number of aromatic nitrogens is 2. The van der Waals surface area contributed by atoms with Crippen LogP contribution in [0.3, 0.4) is 0 Å². The van der Waals surface area contributed by atoms with Crippen LogP contribution in [0.4, 0.5) is 4.39 Å². The molecule has 5 nitrogen and oxygen atoms in total. The Balaban J connectivity index is 1.56. The van der Waals surface area contributed by atoms with Crippen LogP contribution in [0.5, 0.6) is 0 Å². The van der Waals surface area contributed by atoms with E-state index in [9.17, 15) is 9.18 Å². The number of hydrogen-bond acceptors (Lipinski definition) is 5. The second-order valence-corrected chi connectivity index (χ2v) is 8.18. The highest BCUT2D eigenvalue weighted by molar-refractivity contribution is 9.10. The Morgan fingerprint density at radius 3 is 2.52 bits per heavy atom. The molecule has 1 heterocycles. The summed E-state index contributed by atoms with van der Waals surface area (Å²) in [5, 5.41) is 10.8. The molecular weight excluding hydrogens is 433 g/mol. The molecule has 1 fully saturated rings. The molecule has 0 saturated heterocycles. The van der Waals surface area contributed by atoms with E-state index in [-0.39, 0.29) is 23.0 Å². The van der Waals surface area contributed by atoms with Crippen molar-refractivity contribution in [2.45, 2.75) is 29.4 Å². The molecule has 0 radical (unpaired) electrons. The highest BCUT2D eigenvalue weighted by Crippen LogP contribution is 2.37. The van der Waals surface area contributed by atoms with Gasteiger partial charge in [0.05, 0.1) is 0 Å². The fourth-order valence-corrected chi connectivity index (χ4v) is 3.63. The van der Waals surface area contributed by atoms with Gasteiger partial charge in [-0.2, -0.15) is 0 Å². The van der Waals surface area contributed by atoms with Gasteiger partial charge in [-0.1, -0.05) is 28.1 Å². The van der Waals surface area contributed by atoms with E-state index in [1.165, 1.54) is 12.1 Å². The van der Waals surface area contributed by atoms with Crippen LogP contribution in [0.15, 0.2) is 62.6 Å². The van der Waals surface area contributed by atoms with Gasteiger partial charge in [-0.15, -0.1) is 10.2 Å². The predicted molar refractivity (Wildman–Crippen MR) is 104 cm³/mol. The maximum absolute atomic E-state index is 13.3. The van der Waals surface area contributed by atoms with E-state index in [4.69, 9.17) is 4.42 Å². The number of carbonyl (C=O) groups is 1. The zero-order valence-electron chi connectivity index (χ0n) is 14.1. The average Bonchev–Trinajstić information content (AvgIpc) is 3.35. The summed E-state index contributed by atoms with van der Waals surface area (Å²) in [5.74, 6) is -0.108. The highest BCUT2D eigenvalue weighted by Gasteiger charge is 2.30. The lowest BCUT2D eigenvalue weighted by atomic mass is 10.1. The normalized spacial score (nSPS) is 14.7. The Kier molecular flexibility index (Phi) is 5.27. The molecule has 8 heteroatoms. The minimum absolute atomic E-state index is 0.141. The van der Waals surface area contributed by atoms with Crippen molar-refractivity contribution in [3.05, 3.63) is 64.4 Å². The second kappa shape index (κ2) is 7.82. The zero-order chi connectivity index (χ0) is 18.8. The Bertz CT molecular complexity index is 942. The van der Waals surface area contributed by atoms with Crippen molar-refractivity contribution in [3.8, 4) is 11.5 Å². The summed E-state index contributed by atoms with van der Waals surface area (Å²) in [7, 11) is 0. The van der Waals surface area contributed by atoms with Gasteiger partial charge in [-0.25, -0.2) is 4.39 Å². The van der Waals surface area contributed by atoms with Gasteiger partial charge < -0.3 is 9.73 Å². The van der Waals surface area contributed by atoms with Crippen LogP contribution in [0.1, 0.15) is 23.7 Å². The molecule has 4 rings (SSSR count). The van der Waals surface area contributed by atoms with Gasteiger partial charge in [-0.3, -0.25) is 4.79 Å². The van der Waals surface area contributed by atoms with Gasteiger partial charge in [0.2, 0.25) is 11.8 Å². The number of halogens is 2. The number of carbonyl (C=O) groups excluding carboxylic acids is 1. The minimum Gasteiger partial charge on any atom is -0.411 e. The molecule has 1 N–H and O–H groups in total. The molecule has 138 valence electrons. The van der Waals surface area contributed by atoms with E-state index in [0.717, 1.165) is 34.6 Å². The largest absolute Gasteiger partial charge is 0.411 e. The lowest BCUT2D eigenvalue weighted by Crippen LogP contribution is -2.29. The SMILES string of the molecule is O=C(NC1CC1)C(Sc1nnc(-c2ccc(Br)cc2)o1)c1ccc(F)cc1. The number of thioether (sulfide) groups is 1. The number of benzene rings is 2. The molecule has 1 saturated carbocycles. The molecule has 2 aromatic carbocycles. The molecule has 1 aromatic heterocycles. The fourth-order valence-electron chi connectivity index (χ4n) is 2.48. The standard InChI is InChI=1S/C19H15BrFN3O2S/c20-13-5-1-12(2-6-13)18-23-24-19(26-18)27-16(17(25)22-15-9-10-15)11-3-7-14(21)8-4-11/h1-8,15-16H,9-10H2,(H,22,25). The third kappa shape index (κ3) is 4.56. The van der Waals surface area contributed by atoms with Gasteiger partial charge in [0.15, 0.2) is 0 Å². The van der Waals surface area contributed by atoms with Crippen molar-refractivity contribution >= 4 is 33.6 Å². The monoisotopic (exact) mass is 447 g/mol. The van der Waals surface area contributed by atoms with E-state index in [0.29, 0.717) is 11.5 Å². The number of rotatable bonds is 6. The van der Waals surface area contributed by atoms with Crippen LogP contribution in [0.25, 0.3) is 11.5 Å². The molecule has 1 aliphatic carbocycles. The lowest BCUT2D eigenvalue weighted by molar-refractivity contribution is -0.120. The van der Waals surface area contributed by atoms with E-state index in [2.05, 4.69) is 31.4 Å². The van der Waals surface area contributed by atoms with Crippen LogP contribution in [0.2, 0.25) is 0 Å². The van der Waals surface area contributed by atoms with E-state index >= 15 is 0 Å². The number of amides is 1. The van der Waals surface area contributed by atoms with E-state index < -0.39 is 5.25 Å². The van der Waals surface area contributed by atoms with Crippen LogP contribution < -0.4 is 5.32 Å². The fraction of sp³-hybridized carbons (Fsp3) is 0.211. The van der Waals surface area contributed by atoms with E-state index in [1.807, 2.05) is 24.3 Å². The summed E-state index contributed by atoms with van der Waals surface area (Å²) in [4.78, 5) is 12.7. The van der Waals surface area contributed by atoms with Crippen LogP contribution >= 0.6 is 27.7 Å². The Morgan fingerprint density at radius 2 is 1.85 bits per heavy atom. The third-order valence-electron chi connectivity index (χ3n) is 4.05. The quantitative estimate of drug-likeness (QED) is 0.552. The topological polar surface area (TPSA) is 68.0 Å². The second-order valence-electron chi connectivity index (χ2n) is 6.21. The average molecular weight is 448 g/mol. The summed E-state index contributed by atoms with van der Waals surface area (Å²) < 4.78 is 19.9. The van der Waals surface area contributed by atoms with Crippen molar-refractivity contribution in [2.24, 2.45) is 0 Å². The van der Waals surface area contributed by atoms with E-state index in [1.54, 1.807) is 12.1 Å². The minimum atomic E-state index is -0.593. The highest BCUT2D eigenvalue weighted by atomic mass is 79.9. The molecular formula is C19H15BrFN3O2S. The van der Waals surface area contributed by atoms with Gasteiger partial charge >= 0.3 is 0 Å². The first-order valence-electron chi connectivity index (χ1n) is 8.40. The lowest BCUT2D eigenvalue weighted by Gasteiger charge is -2.14. The van der Waals surface area contributed by atoms with Crippen LogP contribution in [-0.2, 0) is 4.79 Å². The van der Waals surface area contributed by atoms with Crippen LogP contribution in [0, 0.1) is 5.82 Å². The Hall–Kier alpha value is -2.19. The Labute approximate surface area is 167 Å². The molecule has 27 heavy (non-hydrogen) atoms. The Morgan fingerprint density at radius 1 is 1.15 bits per heavy atom. The molecule has 0 bridgehead atoms. The van der Waals surface area contributed by atoms with Gasteiger partial charge in [-0.05, 0) is 66.6 Å².